The molecule has 0 aromatic heterocycles. The van der Waals surface area contributed by atoms with Crippen LogP contribution in [-0.2, 0) is 6.54 Å². The molecular weight excluding hydrogens is 222 g/mol. The standard InChI is InChI=1S/C16H27NO/c1-13(2)11-18-15-8-6-7-14(9-15)10-17-12-16(3,4)5/h6-9,13,17H,10-12H2,1-5H3. The third-order valence-corrected chi connectivity index (χ3v) is 2.47. The predicted molar refractivity (Wildman–Crippen MR) is 77.9 cm³/mol. The second-order valence-electron chi connectivity index (χ2n) is 6.52. The van der Waals surface area contributed by atoms with E-state index in [1.54, 1.807) is 0 Å². The second-order valence-corrected chi connectivity index (χ2v) is 6.52. The Morgan fingerprint density at radius 2 is 1.94 bits per heavy atom. The van der Waals surface area contributed by atoms with Crippen molar-refractivity contribution in [2.45, 2.75) is 41.2 Å². The maximum atomic E-state index is 5.73. The van der Waals surface area contributed by atoms with Gasteiger partial charge in [0.2, 0.25) is 0 Å². The van der Waals surface area contributed by atoms with Crippen LogP contribution in [0.3, 0.4) is 0 Å². The van der Waals surface area contributed by atoms with Gasteiger partial charge in [0.05, 0.1) is 6.61 Å². The van der Waals surface area contributed by atoms with E-state index in [1.165, 1.54) is 5.56 Å². The van der Waals surface area contributed by atoms with Gasteiger partial charge in [0, 0.05) is 13.1 Å². The fraction of sp³-hybridized carbons (Fsp3) is 0.625. The van der Waals surface area contributed by atoms with Crippen molar-refractivity contribution < 1.29 is 4.74 Å². The molecule has 0 aliphatic heterocycles. The smallest absolute Gasteiger partial charge is 0.119 e. The second kappa shape index (κ2) is 6.79. The fourth-order valence-corrected chi connectivity index (χ4v) is 1.59. The average Bonchev–Trinajstić information content (AvgIpc) is 2.25. The topological polar surface area (TPSA) is 21.3 Å². The summed E-state index contributed by atoms with van der Waals surface area (Å²) >= 11 is 0. The zero-order valence-electron chi connectivity index (χ0n) is 12.4. The minimum absolute atomic E-state index is 0.325. The number of hydrogen-bond donors (Lipinski definition) is 1. The van der Waals surface area contributed by atoms with E-state index in [4.69, 9.17) is 4.74 Å². The van der Waals surface area contributed by atoms with Crippen molar-refractivity contribution in [2.24, 2.45) is 11.3 Å². The molecule has 102 valence electrons. The highest BCUT2D eigenvalue weighted by Crippen LogP contribution is 2.15. The Kier molecular flexibility index (Phi) is 5.67. The van der Waals surface area contributed by atoms with Gasteiger partial charge in [0.1, 0.15) is 5.75 Å². The minimum atomic E-state index is 0.325. The van der Waals surface area contributed by atoms with Crippen molar-refractivity contribution in [3.05, 3.63) is 29.8 Å². The van der Waals surface area contributed by atoms with Crippen molar-refractivity contribution in [3.8, 4) is 5.75 Å². The highest BCUT2D eigenvalue weighted by atomic mass is 16.5. The molecule has 0 saturated carbocycles. The van der Waals surface area contributed by atoms with E-state index >= 15 is 0 Å². The van der Waals surface area contributed by atoms with Crippen LogP contribution in [0.1, 0.15) is 40.2 Å². The zero-order valence-corrected chi connectivity index (χ0v) is 12.4. The number of ether oxygens (including phenoxy) is 1. The van der Waals surface area contributed by atoms with Crippen molar-refractivity contribution in [1.82, 2.24) is 5.32 Å². The van der Waals surface area contributed by atoms with Crippen LogP contribution in [0.2, 0.25) is 0 Å². The molecule has 0 heterocycles. The van der Waals surface area contributed by atoms with Crippen molar-refractivity contribution in [2.75, 3.05) is 13.2 Å². The summed E-state index contributed by atoms with van der Waals surface area (Å²) in [6, 6.07) is 8.34. The maximum absolute atomic E-state index is 5.73. The minimum Gasteiger partial charge on any atom is -0.493 e. The van der Waals surface area contributed by atoms with Gasteiger partial charge in [0.25, 0.3) is 0 Å². The summed E-state index contributed by atoms with van der Waals surface area (Å²) in [5.74, 6) is 1.53. The SMILES string of the molecule is CC(C)COc1cccc(CNCC(C)(C)C)c1. The van der Waals surface area contributed by atoms with Crippen molar-refractivity contribution in [1.29, 1.82) is 0 Å². The number of rotatable bonds is 6. The summed E-state index contributed by atoms with van der Waals surface area (Å²) in [5.41, 5.74) is 1.60. The van der Waals surface area contributed by atoms with E-state index in [2.05, 4.69) is 58.1 Å². The van der Waals surface area contributed by atoms with E-state index in [9.17, 15) is 0 Å². The Balaban J connectivity index is 2.44. The summed E-state index contributed by atoms with van der Waals surface area (Å²) < 4.78 is 5.73. The highest BCUT2D eigenvalue weighted by Gasteiger charge is 2.08. The summed E-state index contributed by atoms with van der Waals surface area (Å²) in [5, 5.41) is 3.48. The van der Waals surface area contributed by atoms with Crippen molar-refractivity contribution in [3.63, 3.8) is 0 Å². The van der Waals surface area contributed by atoms with Crippen LogP contribution in [0.15, 0.2) is 24.3 Å². The summed E-state index contributed by atoms with van der Waals surface area (Å²) in [6.45, 7) is 13.7. The maximum Gasteiger partial charge on any atom is 0.119 e. The lowest BCUT2D eigenvalue weighted by molar-refractivity contribution is 0.270. The van der Waals surface area contributed by atoms with Crippen LogP contribution < -0.4 is 10.1 Å². The summed E-state index contributed by atoms with van der Waals surface area (Å²) in [4.78, 5) is 0. The van der Waals surface area contributed by atoms with Gasteiger partial charge < -0.3 is 10.1 Å². The van der Waals surface area contributed by atoms with E-state index in [-0.39, 0.29) is 0 Å². The highest BCUT2D eigenvalue weighted by molar-refractivity contribution is 5.28. The molecule has 0 unspecified atom stereocenters. The first-order valence-electron chi connectivity index (χ1n) is 6.79. The van der Waals surface area contributed by atoms with Crippen LogP contribution in [0.25, 0.3) is 0 Å². The van der Waals surface area contributed by atoms with Crippen LogP contribution in [0.5, 0.6) is 5.75 Å². The van der Waals surface area contributed by atoms with Crippen LogP contribution >= 0.6 is 0 Å². The molecule has 1 aromatic carbocycles. The van der Waals surface area contributed by atoms with Gasteiger partial charge in [-0.1, -0.05) is 46.8 Å². The molecule has 0 spiro atoms. The molecule has 0 aliphatic carbocycles. The number of nitrogens with one attached hydrogen (secondary N) is 1. The monoisotopic (exact) mass is 249 g/mol. The molecule has 1 aromatic rings. The van der Waals surface area contributed by atoms with E-state index in [0.29, 0.717) is 11.3 Å². The predicted octanol–water partition coefficient (Wildman–Crippen LogP) is 3.86. The first-order chi connectivity index (χ1) is 8.37. The molecule has 2 nitrogen and oxygen atoms in total. The molecule has 0 saturated heterocycles. The quantitative estimate of drug-likeness (QED) is 0.826. The number of benzene rings is 1. The van der Waals surface area contributed by atoms with Gasteiger partial charge in [0.15, 0.2) is 0 Å². The lowest BCUT2D eigenvalue weighted by Gasteiger charge is -2.19. The lowest BCUT2D eigenvalue weighted by atomic mass is 9.97. The Morgan fingerprint density at radius 1 is 1.22 bits per heavy atom. The normalized spacial score (nSPS) is 11.9. The largest absolute Gasteiger partial charge is 0.493 e. The number of hydrogen-bond acceptors (Lipinski definition) is 2. The van der Waals surface area contributed by atoms with E-state index in [1.807, 2.05) is 6.07 Å². The third-order valence-electron chi connectivity index (χ3n) is 2.47. The molecule has 0 bridgehead atoms. The van der Waals surface area contributed by atoms with Gasteiger partial charge in [-0.3, -0.25) is 0 Å². The molecular formula is C16H27NO. The van der Waals surface area contributed by atoms with Crippen molar-refractivity contribution >= 4 is 0 Å². The molecule has 1 N–H and O–H groups in total. The van der Waals surface area contributed by atoms with Gasteiger partial charge in [-0.25, -0.2) is 0 Å². The Labute approximate surface area is 112 Å². The molecule has 0 atom stereocenters. The zero-order chi connectivity index (χ0) is 13.6. The van der Waals surface area contributed by atoms with Gasteiger partial charge in [-0.2, -0.15) is 0 Å². The first kappa shape index (κ1) is 15.0. The third kappa shape index (κ3) is 6.65. The average molecular weight is 249 g/mol. The summed E-state index contributed by atoms with van der Waals surface area (Å²) in [6.07, 6.45) is 0. The van der Waals surface area contributed by atoms with Crippen LogP contribution in [0, 0.1) is 11.3 Å². The lowest BCUT2D eigenvalue weighted by Crippen LogP contribution is -2.26. The van der Waals surface area contributed by atoms with Gasteiger partial charge in [-0.15, -0.1) is 0 Å². The molecule has 0 fully saturated rings. The first-order valence-corrected chi connectivity index (χ1v) is 6.79. The van der Waals surface area contributed by atoms with Gasteiger partial charge >= 0.3 is 0 Å². The van der Waals surface area contributed by atoms with Crippen LogP contribution in [-0.4, -0.2) is 13.2 Å². The summed E-state index contributed by atoms with van der Waals surface area (Å²) in [7, 11) is 0. The molecule has 0 aliphatic rings. The van der Waals surface area contributed by atoms with Gasteiger partial charge in [-0.05, 0) is 29.0 Å². The molecule has 18 heavy (non-hydrogen) atoms. The van der Waals surface area contributed by atoms with Crippen LogP contribution in [0.4, 0.5) is 0 Å². The van der Waals surface area contributed by atoms with E-state index in [0.717, 1.165) is 25.4 Å². The Hall–Kier alpha value is -1.02. The molecule has 2 heteroatoms. The Morgan fingerprint density at radius 3 is 2.56 bits per heavy atom. The Bertz CT molecular complexity index is 352. The molecule has 0 amide bonds. The van der Waals surface area contributed by atoms with E-state index < -0.39 is 0 Å². The fourth-order valence-electron chi connectivity index (χ4n) is 1.59. The molecule has 1 rings (SSSR count). The molecule has 0 radical (unpaired) electrons.